The molecule has 1 aromatic rings. The van der Waals surface area contributed by atoms with E-state index in [9.17, 15) is 24.6 Å². The molecule has 8 nitrogen and oxygen atoms in total. The highest BCUT2D eigenvalue weighted by Crippen LogP contribution is 2.70. The van der Waals surface area contributed by atoms with Gasteiger partial charge in [-0.25, -0.2) is 5.06 Å². The summed E-state index contributed by atoms with van der Waals surface area (Å²) in [7, 11) is 0. The van der Waals surface area contributed by atoms with Crippen LogP contribution >= 0.6 is 0 Å². The van der Waals surface area contributed by atoms with Crippen LogP contribution in [0.3, 0.4) is 0 Å². The quantitative estimate of drug-likeness (QED) is 0.681. The molecule has 35 heavy (non-hydrogen) atoms. The Hall–Kier alpha value is -2.55. The first-order valence-electron chi connectivity index (χ1n) is 12.5. The number of aliphatic hydroxyl groups is 2. The van der Waals surface area contributed by atoms with Gasteiger partial charge in [0.05, 0.1) is 18.9 Å². The third kappa shape index (κ3) is 2.81. The van der Waals surface area contributed by atoms with Gasteiger partial charge in [-0.15, -0.1) is 0 Å². The molecule has 1 aromatic heterocycles. The molecule has 6 rings (SSSR count). The molecule has 1 amide bonds. The lowest BCUT2D eigenvalue weighted by Gasteiger charge is -2.59. The normalized spacial score (nSPS) is 43.8. The molecule has 4 fully saturated rings. The number of nitrogens with zero attached hydrogens (tertiary/aromatic N) is 1. The highest BCUT2D eigenvalue weighted by Gasteiger charge is 2.75. The monoisotopic (exact) mass is 481 g/mol. The van der Waals surface area contributed by atoms with Gasteiger partial charge < -0.3 is 14.6 Å². The van der Waals surface area contributed by atoms with Gasteiger partial charge >= 0.3 is 5.91 Å². The maximum Gasteiger partial charge on any atom is 0.313 e. The molecular weight excluding hydrogens is 450 g/mol. The Kier molecular flexibility index (Phi) is 4.89. The molecule has 5 aliphatic rings. The van der Waals surface area contributed by atoms with E-state index in [1.807, 2.05) is 13.0 Å². The molecule has 1 saturated heterocycles. The molecule has 8 atom stereocenters. The van der Waals surface area contributed by atoms with E-state index in [-0.39, 0.29) is 41.8 Å². The summed E-state index contributed by atoms with van der Waals surface area (Å²) in [6, 6.07) is 3.17. The largest absolute Gasteiger partial charge is 0.459 e. The molecule has 0 aromatic carbocycles. The topological polar surface area (TPSA) is 117 Å². The van der Waals surface area contributed by atoms with E-state index in [4.69, 9.17) is 9.25 Å². The van der Waals surface area contributed by atoms with Crippen molar-refractivity contribution in [3.8, 4) is 0 Å². The molecule has 8 heteroatoms. The Balaban J connectivity index is 1.39. The lowest BCUT2D eigenvalue weighted by atomic mass is 9.46. The summed E-state index contributed by atoms with van der Waals surface area (Å²) in [5, 5.41) is 22.8. The van der Waals surface area contributed by atoms with Crippen molar-refractivity contribution in [3.63, 3.8) is 0 Å². The molecule has 3 saturated carbocycles. The van der Waals surface area contributed by atoms with Gasteiger partial charge in [-0.2, -0.15) is 0 Å². The minimum absolute atomic E-state index is 0.0105. The number of carbonyl (C=O) groups excluding carboxylic acids is 3. The number of hydroxylamine groups is 2. The Morgan fingerprint density at radius 3 is 2.80 bits per heavy atom. The van der Waals surface area contributed by atoms with E-state index in [2.05, 4.69) is 6.92 Å². The number of aliphatic hydroxyl groups excluding tert-OH is 2. The van der Waals surface area contributed by atoms with Crippen LogP contribution in [0.1, 0.15) is 50.1 Å². The third-order valence-electron chi connectivity index (χ3n) is 10.0. The number of fused-ring (bicyclic) bond motifs is 7. The lowest BCUT2D eigenvalue weighted by Crippen LogP contribution is -2.63. The summed E-state index contributed by atoms with van der Waals surface area (Å²) in [6.07, 6.45) is 8.52. The first kappa shape index (κ1) is 22.9. The molecule has 0 bridgehead atoms. The van der Waals surface area contributed by atoms with Crippen molar-refractivity contribution >= 4 is 17.5 Å². The van der Waals surface area contributed by atoms with Crippen molar-refractivity contribution < 1.29 is 33.9 Å². The highest BCUT2D eigenvalue weighted by atomic mass is 16.7. The molecule has 186 valence electrons. The molecule has 0 spiro atoms. The summed E-state index contributed by atoms with van der Waals surface area (Å²) in [6.45, 7) is 3.62. The fraction of sp³-hybridized carbons (Fsp3) is 0.593. The lowest BCUT2D eigenvalue weighted by molar-refractivity contribution is -0.235. The van der Waals surface area contributed by atoms with Gasteiger partial charge in [-0.3, -0.25) is 19.2 Å². The van der Waals surface area contributed by atoms with Gasteiger partial charge in [-0.1, -0.05) is 25.5 Å². The van der Waals surface area contributed by atoms with Crippen molar-refractivity contribution in [1.29, 1.82) is 0 Å². The number of Topliss-reactive ketones (excluding diaryl/α,β-unsaturated/α-hetero) is 1. The van der Waals surface area contributed by atoms with Crippen LogP contribution in [-0.4, -0.2) is 57.6 Å². The van der Waals surface area contributed by atoms with Crippen molar-refractivity contribution in [2.45, 2.75) is 51.2 Å². The van der Waals surface area contributed by atoms with Crippen LogP contribution in [-0.2, 0) is 14.4 Å². The smallest absolute Gasteiger partial charge is 0.313 e. The molecule has 3 unspecified atom stereocenters. The molecule has 2 heterocycles. The van der Waals surface area contributed by atoms with Crippen LogP contribution in [0.25, 0.3) is 0 Å². The minimum atomic E-state index is -1.39. The standard InChI is InChI=1S/C27H31NO7/c1-25-8-7-17(30)10-15(25)5-6-18-19-11-16-13-28(24(33)21-4-3-9-34-21)35-27(16,22(32)14-29)26(19,2)12-20(31)23(18)25/h3-4,7-10,16,18-20,23,29,31H,5-6,11-14H2,1-2H3/t16-,18?,19?,20-,23?,25-,26-,27-/m0/s1. The van der Waals surface area contributed by atoms with Crippen LogP contribution in [0.4, 0.5) is 0 Å². The maximum atomic E-state index is 13.5. The van der Waals surface area contributed by atoms with Crippen LogP contribution in [0.15, 0.2) is 46.6 Å². The molecule has 2 N–H and O–H groups in total. The second-order valence-corrected chi connectivity index (χ2v) is 11.4. The van der Waals surface area contributed by atoms with Gasteiger partial charge in [0.2, 0.25) is 0 Å². The van der Waals surface area contributed by atoms with Gasteiger partial charge in [0, 0.05) is 22.7 Å². The fourth-order valence-electron chi connectivity index (χ4n) is 8.63. The van der Waals surface area contributed by atoms with E-state index in [0.29, 0.717) is 12.8 Å². The van der Waals surface area contributed by atoms with Crippen LogP contribution in [0.2, 0.25) is 0 Å². The predicted octanol–water partition coefficient (Wildman–Crippen LogP) is 2.47. The molecule has 0 radical (unpaired) electrons. The van der Waals surface area contributed by atoms with Crippen molar-refractivity contribution in [2.24, 2.45) is 34.5 Å². The number of furan rings is 1. The summed E-state index contributed by atoms with van der Waals surface area (Å²) in [5.74, 6) is -0.971. The number of rotatable bonds is 3. The molecule has 1 aliphatic heterocycles. The zero-order chi connectivity index (χ0) is 24.8. The number of amides is 1. The summed E-state index contributed by atoms with van der Waals surface area (Å²) in [5.41, 5.74) is -1.50. The molecular formula is C27H31NO7. The van der Waals surface area contributed by atoms with E-state index in [1.165, 1.54) is 11.3 Å². The third-order valence-corrected chi connectivity index (χ3v) is 10.0. The number of carbonyl (C=O) groups is 3. The average Bonchev–Trinajstić information content (AvgIpc) is 3.54. The van der Waals surface area contributed by atoms with Crippen molar-refractivity contribution in [1.82, 2.24) is 5.06 Å². The molecule has 4 aliphatic carbocycles. The number of hydrogen-bond donors (Lipinski definition) is 2. The first-order chi connectivity index (χ1) is 16.7. The number of ketones is 2. The second-order valence-electron chi connectivity index (χ2n) is 11.4. The Bertz CT molecular complexity index is 1150. The van der Waals surface area contributed by atoms with Crippen LogP contribution in [0, 0.1) is 34.5 Å². The Morgan fingerprint density at radius 1 is 1.29 bits per heavy atom. The Morgan fingerprint density at radius 2 is 2.09 bits per heavy atom. The summed E-state index contributed by atoms with van der Waals surface area (Å²) in [4.78, 5) is 44.8. The van der Waals surface area contributed by atoms with Crippen molar-refractivity contribution in [2.75, 3.05) is 13.2 Å². The van der Waals surface area contributed by atoms with E-state index >= 15 is 0 Å². The maximum absolute atomic E-state index is 13.5. The predicted molar refractivity (Wildman–Crippen MR) is 123 cm³/mol. The zero-order valence-corrected chi connectivity index (χ0v) is 20.0. The second kappa shape index (κ2) is 7.48. The van der Waals surface area contributed by atoms with Gasteiger partial charge in [0.1, 0.15) is 6.61 Å². The highest BCUT2D eigenvalue weighted by molar-refractivity contribution is 6.01. The van der Waals surface area contributed by atoms with E-state index < -0.39 is 40.8 Å². The summed E-state index contributed by atoms with van der Waals surface area (Å²) >= 11 is 0. The van der Waals surface area contributed by atoms with E-state index in [0.717, 1.165) is 18.4 Å². The van der Waals surface area contributed by atoms with Gasteiger partial charge in [0.25, 0.3) is 0 Å². The van der Waals surface area contributed by atoms with Crippen LogP contribution < -0.4 is 0 Å². The van der Waals surface area contributed by atoms with Crippen LogP contribution in [0.5, 0.6) is 0 Å². The fourth-order valence-corrected chi connectivity index (χ4v) is 8.63. The minimum Gasteiger partial charge on any atom is -0.459 e. The first-order valence-corrected chi connectivity index (χ1v) is 12.5. The number of hydrogen-bond acceptors (Lipinski definition) is 7. The SMILES string of the molecule is C[C@]12C=CC(=O)C=C1CCC1C2[C@@H](O)C[C@@]2(C)C1C[C@H]1CN(C(=O)c3ccco3)O[C@]12C(=O)CO. The summed E-state index contributed by atoms with van der Waals surface area (Å²) < 4.78 is 5.26. The van der Waals surface area contributed by atoms with Gasteiger partial charge in [-0.05, 0) is 61.8 Å². The van der Waals surface area contributed by atoms with Crippen molar-refractivity contribution in [3.05, 3.63) is 48.0 Å². The average molecular weight is 482 g/mol. The number of allylic oxidation sites excluding steroid dienone is 4. The van der Waals surface area contributed by atoms with E-state index in [1.54, 1.807) is 24.3 Å². The Labute approximate surface area is 203 Å². The zero-order valence-electron chi connectivity index (χ0n) is 20.0. The van der Waals surface area contributed by atoms with Gasteiger partial charge in [0.15, 0.2) is 22.9 Å².